The molecule has 1 aromatic heterocycles. The number of furan rings is 1. The van der Waals surface area contributed by atoms with Crippen LogP contribution in [0.15, 0.2) is 34.9 Å². The molecule has 0 aliphatic heterocycles. The molecule has 0 fully saturated rings. The summed E-state index contributed by atoms with van der Waals surface area (Å²) in [5, 5.41) is 1.12. The van der Waals surface area contributed by atoms with Gasteiger partial charge in [-0.2, -0.15) is 0 Å². The summed E-state index contributed by atoms with van der Waals surface area (Å²) in [6.45, 7) is 8.11. The lowest BCUT2D eigenvalue weighted by Gasteiger charge is -2.33. The van der Waals surface area contributed by atoms with Crippen molar-refractivity contribution < 1.29 is 8.97 Å². The molecule has 0 aliphatic carbocycles. The van der Waals surface area contributed by atoms with E-state index in [4.69, 9.17) is 4.42 Å². The molecule has 20 heavy (non-hydrogen) atoms. The van der Waals surface area contributed by atoms with Gasteiger partial charge in [-0.1, -0.05) is 12.1 Å². The fourth-order valence-electron chi connectivity index (χ4n) is 2.19. The summed E-state index contributed by atoms with van der Waals surface area (Å²) >= 11 is -0.995. The van der Waals surface area contributed by atoms with Crippen LogP contribution in [0.1, 0.15) is 33.3 Å². The van der Waals surface area contributed by atoms with Crippen LogP contribution < -0.4 is 0 Å². The number of nitrogens with zero attached hydrogens (tertiary/aromatic N) is 1. The lowest BCUT2D eigenvalue weighted by Crippen LogP contribution is -2.45. The fourth-order valence-corrected chi connectivity index (χ4v) is 3.46. The van der Waals surface area contributed by atoms with Crippen LogP contribution in [0.25, 0.3) is 11.0 Å². The molecule has 1 heterocycles. The number of benzene rings is 1. The van der Waals surface area contributed by atoms with Crippen LogP contribution in [0, 0.1) is 0 Å². The first-order valence-electron chi connectivity index (χ1n) is 6.90. The van der Waals surface area contributed by atoms with Crippen molar-refractivity contribution in [1.82, 2.24) is 4.31 Å². The summed E-state index contributed by atoms with van der Waals surface area (Å²) < 4.78 is 19.5. The van der Waals surface area contributed by atoms with Gasteiger partial charge in [-0.3, -0.25) is 0 Å². The summed E-state index contributed by atoms with van der Waals surface area (Å²) in [5.41, 5.74) is 2.12. The van der Waals surface area contributed by atoms with E-state index in [-0.39, 0.29) is 10.8 Å². The van der Waals surface area contributed by atoms with Crippen molar-refractivity contribution in [2.75, 3.05) is 7.05 Å². The Morgan fingerprint density at radius 2 is 2.00 bits per heavy atom. The van der Waals surface area contributed by atoms with E-state index >= 15 is 0 Å². The summed E-state index contributed by atoms with van der Waals surface area (Å²) in [7, 11) is 1.93. The normalized spacial score (nSPS) is 15.8. The van der Waals surface area contributed by atoms with Gasteiger partial charge in [-0.25, -0.2) is 0 Å². The van der Waals surface area contributed by atoms with Crippen molar-refractivity contribution in [2.24, 2.45) is 0 Å². The number of fused-ring (bicyclic) bond motifs is 1. The van der Waals surface area contributed by atoms with Crippen molar-refractivity contribution in [3.63, 3.8) is 0 Å². The molecular formula is C16H23NO2S. The quantitative estimate of drug-likeness (QED) is 0.806. The Kier molecular flexibility index (Phi) is 4.47. The zero-order valence-corrected chi connectivity index (χ0v) is 13.7. The second kappa shape index (κ2) is 5.80. The van der Waals surface area contributed by atoms with E-state index in [1.807, 2.05) is 38.2 Å². The van der Waals surface area contributed by atoms with Crippen molar-refractivity contribution in [2.45, 2.75) is 44.9 Å². The molecule has 110 valence electrons. The Hall–Kier alpha value is -0.970. The maximum Gasteiger partial charge on any atom is 0.137 e. The first kappa shape index (κ1) is 15.4. The van der Waals surface area contributed by atoms with Crippen LogP contribution in [0.5, 0.6) is 0 Å². The molecule has 0 unspecified atom stereocenters. The zero-order chi connectivity index (χ0) is 14.9. The molecule has 0 aliphatic rings. The summed E-state index contributed by atoms with van der Waals surface area (Å²) in [5.74, 6) is 0. The topological polar surface area (TPSA) is 39.4 Å². The Bertz CT molecular complexity index is 573. The molecule has 4 heteroatoms. The first-order valence-corrected chi connectivity index (χ1v) is 8.00. The van der Waals surface area contributed by atoms with Gasteiger partial charge in [-0.05, 0) is 51.8 Å². The van der Waals surface area contributed by atoms with Gasteiger partial charge < -0.3 is 8.97 Å². The zero-order valence-electron chi connectivity index (χ0n) is 12.8. The fraction of sp³-hybridized carbons (Fsp3) is 0.500. The summed E-state index contributed by atoms with van der Waals surface area (Å²) in [6.07, 6.45) is 2.56. The SMILES string of the molecule is C[C@@H](Cc1ccc2ccoc2c1)N(C)[S@@+]([O-])C(C)(C)C. The molecular weight excluding hydrogens is 270 g/mol. The molecule has 0 saturated carbocycles. The van der Waals surface area contributed by atoms with E-state index in [1.54, 1.807) is 6.26 Å². The minimum atomic E-state index is -0.995. The number of rotatable bonds is 4. The van der Waals surface area contributed by atoms with Crippen LogP contribution in [-0.2, 0) is 17.8 Å². The van der Waals surface area contributed by atoms with Crippen molar-refractivity contribution >= 4 is 22.3 Å². The Balaban J connectivity index is 2.08. The molecule has 2 aromatic rings. The van der Waals surface area contributed by atoms with Gasteiger partial charge in [0, 0.05) is 23.8 Å². The lowest BCUT2D eigenvalue weighted by atomic mass is 10.1. The van der Waals surface area contributed by atoms with Crippen LogP contribution in [0.3, 0.4) is 0 Å². The van der Waals surface area contributed by atoms with E-state index in [9.17, 15) is 4.55 Å². The van der Waals surface area contributed by atoms with E-state index < -0.39 is 11.4 Å². The van der Waals surface area contributed by atoms with Gasteiger partial charge in [0.2, 0.25) is 0 Å². The Labute approximate surface area is 124 Å². The van der Waals surface area contributed by atoms with Crippen LogP contribution >= 0.6 is 0 Å². The standard InChI is InChI=1S/C16H23NO2S/c1-12(17(5)20(18)16(2,3)4)10-13-6-7-14-8-9-19-15(14)11-13/h6-9,11-12H,10H2,1-5H3/t12-,20-/m0/s1. The van der Waals surface area contributed by atoms with Gasteiger partial charge in [0.15, 0.2) is 0 Å². The Morgan fingerprint density at radius 3 is 2.65 bits per heavy atom. The van der Waals surface area contributed by atoms with E-state index in [0.29, 0.717) is 0 Å². The molecule has 0 bridgehead atoms. The maximum atomic E-state index is 12.4. The smallest absolute Gasteiger partial charge is 0.137 e. The number of hydrogen-bond acceptors (Lipinski definition) is 3. The minimum absolute atomic E-state index is 0.211. The average Bonchev–Trinajstić information content (AvgIpc) is 2.83. The number of hydrogen-bond donors (Lipinski definition) is 0. The molecule has 0 radical (unpaired) electrons. The highest BCUT2D eigenvalue weighted by Gasteiger charge is 2.33. The molecule has 0 N–H and O–H groups in total. The largest absolute Gasteiger partial charge is 0.598 e. The van der Waals surface area contributed by atoms with E-state index in [2.05, 4.69) is 25.1 Å². The van der Waals surface area contributed by atoms with Gasteiger partial charge in [-0.15, -0.1) is 4.31 Å². The van der Waals surface area contributed by atoms with Gasteiger partial charge in [0.25, 0.3) is 0 Å². The molecule has 1 aromatic carbocycles. The van der Waals surface area contributed by atoms with Crippen molar-refractivity contribution in [3.8, 4) is 0 Å². The van der Waals surface area contributed by atoms with Gasteiger partial charge >= 0.3 is 0 Å². The maximum absolute atomic E-state index is 12.4. The molecule has 0 spiro atoms. The average molecular weight is 293 g/mol. The third-order valence-electron chi connectivity index (χ3n) is 3.46. The predicted molar refractivity (Wildman–Crippen MR) is 85.0 cm³/mol. The highest BCUT2D eigenvalue weighted by Crippen LogP contribution is 2.23. The molecule has 0 amide bonds. The monoisotopic (exact) mass is 293 g/mol. The Morgan fingerprint density at radius 1 is 1.30 bits per heavy atom. The first-order chi connectivity index (χ1) is 9.29. The van der Waals surface area contributed by atoms with Crippen LogP contribution in [-0.4, -0.2) is 26.7 Å². The number of likely N-dealkylation sites (N-methyl/N-ethyl adjacent to an activating group) is 1. The van der Waals surface area contributed by atoms with Gasteiger partial charge in [0.1, 0.15) is 10.3 Å². The summed E-state index contributed by atoms with van der Waals surface area (Å²) in [4.78, 5) is 0. The van der Waals surface area contributed by atoms with Crippen molar-refractivity contribution in [3.05, 3.63) is 36.1 Å². The second-order valence-electron chi connectivity index (χ2n) is 6.25. The van der Waals surface area contributed by atoms with Crippen molar-refractivity contribution in [1.29, 1.82) is 0 Å². The molecule has 2 atom stereocenters. The van der Waals surface area contributed by atoms with Crippen LogP contribution in [0.2, 0.25) is 0 Å². The third kappa shape index (κ3) is 3.37. The van der Waals surface area contributed by atoms with Gasteiger partial charge in [0.05, 0.1) is 12.3 Å². The van der Waals surface area contributed by atoms with E-state index in [0.717, 1.165) is 17.4 Å². The molecule has 2 rings (SSSR count). The molecule has 0 saturated heterocycles. The third-order valence-corrected chi connectivity index (χ3v) is 5.39. The van der Waals surface area contributed by atoms with E-state index in [1.165, 1.54) is 5.56 Å². The highest BCUT2D eigenvalue weighted by molar-refractivity contribution is 7.90. The lowest BCUT2D eigenvalue weighted by molar-refractivity contribution is 0.372. The van der Waals surface area contributed by atoms with Crippen LogP contribution in [0.4, 0.5) is 0 Å². The summed E-state index contributed by atoms with van der Waals surface area (Å²) in [6, 6.07) is 8.43. The minimum Gasteiger partial charge on any atom is -0.598 e. The highest BCUT2D eigenvalue weighted by atomic mass is 32.2. The predicted octanol–water partition coefficient (Wildman–Crippen LogP) is 3.76. The second-order valence-corrected chi connectivity index (χ2v) is 8.55. The molecule has 3 nitrogen and oxygen atoms in total.